The number of hydrogen-bond donors (Lipinski definition) is 1. The predicted octanol–water partition coefficient (Wildman–Crippen LogP) is 5.33. The second-order valence-electron chi connectivity index (χ2n) is 6.57. The number of amidine groups is 1. The van der Waals surface area contributed by atoms with E-state index >= 15 is 0 Å². The zero-order chi connectivity index (χ0) is 21.2. The van der Waals surface area contributed by atoms with Gasteiger partial charge in [0, 0.05) is 13.1 Å². The minimum atomic E-state index is -0.496. The normalized spacial score (nSPS) is 11.1. The summed E-state index contributed by atoms with van der Waals surface area (Å²) in [5.74, 6) is -0.312. The molecule has 0 bridgehead atoms. The Hall–Kier alpha value is -3.31. The van der Waals surface area contributed by atoms with E-state index in [1.807, 2.05) is 77.7 Å². The standard InChI is InChI=1S/C24H24ClN3O2/c1-2-30-24(29)23(27-26-22-16-10-9-15-21(22)25)28(17-19-11-5-3-6-12-19)18-20-13-7-4-8-14-20/h3-16,26H,2,17-18H2,1H3/b27-23-. The van der Waals surface area contributed by atoms with Crippen LogP contribution < -0.4 is 5.43 Å². The van der Waals surface area contributed by atoms with Crippen molar-refractivity contribution in [1.82, 2.24) is 4.90 Å². The summed E-state index contributed by atoms with van der Waals surface area (Å²) < 4.78 is 5.29. The van der Waals surface area contributed by atoms with Gasteiger partial charge < -0.3 is 9.64 Å². The van der Waals surface area contributed by atoms with Gasteiger partial charge in [0.2, 0.25) is 5.84 Å². The van der Waals surface area contributed by atoms with Crippen molar-refractivity contribution in [2.75, 3.05) is 12.0 Å². The summed E-state index contributed by atoms with van der Waals surface area (Å²) in [4.78, 5) is 14.7. The van der Waals surface area contributed by atoms with Crippen molar-refractivity contribution in [1.29, 1.82) is 0 Å². The molecule has 6 heteroatoms. The van der Waals surface area contributed by atoms with E-state index in [9.17, 15) is 4.79 Å². The third kappa shape index (κ3) is 6.09. The highest BCUT2D eigenvalue weighted by Gasteiger charge is 2.22. The SMILES string of the molecule is CCOC(=O)/C(=N/Nc1ccccc1Cl)N(Cc1ccccc1)Cc1ccccc1. The summed E-state index contributed by atoms with van der Waals surface area (Å²) in [7, 11) is 0. The van der Waals surface area contributed by atoms with Crippen molar-refractivity contribution in [3.63, 3.8) is 0 Å². The molecule has 0 atom stereocenters. The zero-order valence-electron chi connectivity index (χ0n) is 16.8. The maximum Gasteiger partial charge on any atom is 0.376 e. The number of halogens is 1. The molecule has 0 aromatic heterocycles. The Balaban J connectivity index is 1.94. The van der Waals surface area contributed by atoms with E-state index in [-0.39, 0.29) is 12.4 Å². The lowest BCUT2D eigenvalue weighted by Gasteiger charge is -2.25. The molecule has 0 saturated heterocycles. The second kappa shape index (κ2) is 11.0. The molecule has 0 unspecified atom stereocenters. The van der Waals surface area contributed by atoms with Crippen LogP contribution in [0.15, 0.2) is 90.0 Å². The van der Waals surface area contributed by atoms with Crippen LogP contribution in [0, 0.1) is 0 Å². The van der Waals surface area contributed by atoms with E-state index in [0.717, 1.165) is 11.1 Å². The van der Waals surface area contributed by atoms with Crippen LogP contribution in [0.25, 0.3) is 0 Å². The molecule has 0 heterocycles. The molecule has 0 amide bonds. The largest absolute Gasteiger partial charge is 0.460 e. The number of benzene rings is 3. The Morgan fingerprint density at radius 3 is 1.97 bits per heavy atom. The van der Waals surface area contributed by atoms with Gasteiger partial charge in [0.05, 0.1) is 17.3 Å². The molecule has 0 saturated carbocycles. The van der Waals surface area contributed by atoms with Crippen molar-refractivity contribution in [2.45, 2.75) is 20.0 Å². The van der Waals surface area contributed by atoms with E-state index in [4.69, 9.17) is 16.3 Å². The third-order valence-electron chi connectivity index (χ3n) is 4.35. The van der Waals surface area contributed by atoms with Crippen molar-refractivity contribution in [3.05, 3.63) is 101 Å². The lowest BCUT2D eigenvalue weighted by molar-refractivity contribution is -0.136. The number of anilines is 1. The summed E-state index contributed by atoms with van der Waals surface area (Å²) >= 11 is 6.23. The fourth-order valence-corrected chi connectivity index (χ4v) is 3.10. The maximum atomic E-state index is 12.8. The quantitative estimate of drug-likeness (QED) is 0.242. The smallest absolute Gasteiger partial charge is 0.376 e. The number of para-hydroxylation sites is 1. The molecule has 1 N–H and O–H groups in total. The van der Waals surface area contributed by atoms with Crippen LogP contribution in [0.1, 0.15) is 18.1 Å². The van der Waals surface area contributed by atoms with Gasteiger partial charge in [-0.25, -0.2) is 4.79 Å². The first kappa shape index (κ1) is 21.4. The summed E-state index contributed by atoms with van der Waals surface area (Å²) in [5, 5.41) is 4.92. The molecule has 5 nitrogen and oxygen atoms in total. The molecular weight excluding hydrogens is 398 g/mol. The van der Waals surface area contributed by atoms with Gasteiger partial charge in [0.1, 0.15) is 0 Å². The van der Waals surface area contributed by atoms with Gasteiger partial charge in [-0.15, -0.1) is 5.10 Å². The number of nitrogens with one attached hydrogen (secondary N) is 1. The fraction of sp³-hybridized carbons (Fsp3) is 0.167. The summed E-state index contributed by atoms with van der Waals surface area (Å²) in [6.45, 7) is 3.03. The van der Waals surface area contributed by atoms with Crippen LogP contribution in [0.3, 0.4) is 0 Å². The van der Waals surface area contributed by atoms with Crippen molar-refractivity contribution >= 4 is 29.1 Å². The third-order valence-corrected chi connectivity index (χ3v) is 4.68. The zero-order valence-corrected chi connectivity index (χ0v) is 17.5. The molecule has 30 heavy (non-hydrogen) atoms. The average Bonchev–Trinajstić information content (AvgIpc) is 2.76. The Morgan fingerprint density at radius 2 is 1.43 bits per heavy atom. The van der Waals surface area contributed by atoms with Crippen LogP contribution in [0.5, 0.6) is 0 Å². The lowest BCUT2D eigenvalue weighted by atomic mass is 10.1. The van der Waals surface area contributed by atoms with Gasteiger partial charge in [-0.3, -0.25) is 5.43 Å². The highest BCUT2D eigenvalue weighted by molar-refractivity contribution is 6.35. The molecule has 0 aliphatic heterocycles. The van der Waals surface area contributed by atoms with Gasteiger partial charge in [-0.2, -0.15) is 0 Å². The average molecular weight is 422 g/mol. The molecule has 154 valence electrons. The highest BCUT2D eigenvalue weighted by Crippen LogP contribution is 2.21. The number of hydrogen-bond acceptors (Lipinski definition) is 4. The molecule has 0 aliphatic rings. The number of esters is 1. The van der Waals surface area contributed by atoms with E-state index in [0.29, 0.717) is 23.8 Å². The molecule has 3 rings (SSSR count). The molecular formula is C24H24ClN3O2. The number of ether oxygens (including phenoxy) is 1. The first-order chi connectivity index (χ1) is 14.7. The number of nitrogens with zero attached hydrogens (tertiary/aromatic N) is 2. The van der Waals surface area contributed by atoms with Crippen LogP contribution >= 0.6 is 11.6 Å². The molecule has 0 radical (unpaired) electrons. The van der Waals surface area contributed by atoms with Crippen LogP contribution in [0.2, 0.25) is 5.02 Å². The monoisotopic (exact) mass is 421 g/mol. The minimum Gasteiger partial charge on any atom is -0.460 e. The topological polar surface area (TPSA) is 53.9 Å². The first-order valence-corrected chi connectivity index (χ1v) is 10.1. The van der Waals surface area contributed by atoms with E-state index in [1.165, 1.54) is 0 Å². The molecule has 0 aliphatic carbocycles. The predicted molar refractivity (Wildman–Crippen MR) is 121 cm³/mol. The number of carbonyl (C=O) groups is 1. The molecule has 3 aromatic rings. The van der Waals surface area contributed by atoms with Gasteiger partial charge in [-0.1, -0.05) is 84.4 Å². The van der Waals surface area contributed by atoms with Crippen LogP contribution in [0.4, 0.5) is 5.69 Å². The van der Waals surface area contributed by atoms with Gasteiger partial charge in [-0.05, 0) is 30.2 Å². The maximum absolute atomic E-state index is 12.8. The minimum absolute atomic E-state index is 0.185. The Bertz CT molecular complexity index is 937. The number of hydrazone groups is 1. The van der Waals surface area contributed by atoms with Crippen molar-refractivity contribution in [3.8, 4) is 0 Å². The fourth-order valence-electron chi connectivity index (χ4n) is 2.92. The molecule has 3 aromatic carbocycles. The van der Waals surface area contributed by atoms with Crippen molar-refractivity contribution < 1.29 is 9.53 Å². The number of carbonyl (C=O) groups excluding carboxylic acids is 1. The van der Waals surface area contributed by atoms with Gasteiger partial charge in [0.15, 0.2) is 0 Å². The van der Waals surface area contributed by atoms with Crippen molar-refractivity contribution in [2.24, 2.45) is 5.10 Å². The number of rotatable bonds is 7. The van der Waals surface area contributed by atoms with E-state index < -0.39 is 5.97 Å². The molecule has 0 spiro atoms. The van der Waals surface area contributed by atoms with Gasteiger partial charge >= 0.3 is 5.97 Å². The van der Waals surface area contributed by atoms with Crippen LogP contribution in [-0.4, -0.2) is 23.3 Å². The summed E-state index contributed by atoms with van der Waals surface area (Å²) in [5.41, 5.74) is 5.65. The Kier molecular flexibility index (Phi) is 7.86. The Labute approximate surface area is 181 Å². The van der Waals surface area contributed by atoms with E-state index in [1.54, 1.807) is 19.1 Å². The summed E-state index contributed by atoms with van der Waals surface area (Å²) in [6.07, 6.45) is 0. The van der Waals surface area contributed by atoms with Crippen LogP contribution in [-0.2, 0) is 22.6 Å². The molecule has 0 fully saturated rings. The van der Waals surface area contributed by atoms with Gasteiger partial charge in [0.25, 0.3) is 0 Å². The Morgan fingerprint density at radius 1 is 0.900 bits per heavy atom. The van der Waals surface area contributed by atoms with E-state index in [2.05, 4.69) is 10.5 Å². The second-order valence-corrected chi connectivity index (χ2v) is 6.98. The highest BCUT2D eigenvalue weighted by atomic mass is 35.5. The summed E-state index contributed by atoms with van der Waals surface area (Å²) in [6, 6.07) is 27.1. The lowest BCUT2D eigenvalue weighted by Crippen LogP contribution is -2.37. The first-order valence-electron chi connectivity index (χ1n) is 9.75.